The van der Waals surface area contributed by atoms with Gasteiger partial charge in [0, 0.05) is 54.7 Å². The number of methoxy groups -OCH3 is 1. The van der Waals surface area contributed by atoms with E-state index in [-0.39, 0.29) is 31.8 Å². The second kappa shape index (κ2) is 33.2. The number of amides is 10. The number of nitrogens with zero attached hydrogens (tertiary/aromatic N) is 6. The Kier molecular flexibility index (Phi) is 28.3. The number of rotatable bonds is 15. The Morgan fingerprint density at radius 3 is 1.72 bits per heavy atom. The number of carbonyl (C=O) groups is 11. The van der Waals surface area contributed by atoms with Gasteiger partial charge in [-0.2, -0.15) is 0 Å². The first-order valence-corrected chi connectivity index (χ1v) is 30.4. The van der Waals surface area contributed by atoms with Crippen LogP contribution in [0, 0.1) is 35.5 Å². The fourth-order valence-corrected chi connectivity index (χ4v) is 11.2. The normalized spacial score (nSPS) is 25.9. The molecule has 1 aromatic carbocycles. The molecule has 2 saturated heterocycles. The third-order valence-corrected chi connectivity index (χ3v) is 16.9. The molecule has 2 heterocycles. The highest BCUT2D eigenvalue weighted by atomic mass is 16.5. The van der Waals surface area contributed by atoms with Gasteiger partial charge in [-0.25, -0.2) is 4.79 Å². The van der Waals surface area contributed by atoms with Crippen LogP contribution in [0.2, 0.25) is 0 Å². The molecule has 0 unspecified atom stereocenters. The van der Waals surface area contributed by atoms with Gasteiger partial charge in [0.2, 0.25) is 53.2 Å². The molecule has 85 heavy (non-hydrogen) atoms. The fraction of sp³-hybridized carbons (Fsp3) is 0.726. The minimum Gasteiger partial charge on any atom is -0.497 e. The number of likely N-dealkylation sites (N-methyl/N-ethyl adjacent to an activating group) is 5. The SMILES string of the molecule is CC[C@@H](C)[C@H]1C(=O)NCC(=O)N(C)[C@@H](C(C)C)C(=O)N[C@@H](Cc2ccc(OC)cc2)C(=O)O[C@@H](C)C(=O)N2CCCC[C@H]2C(=O)N(C)[C@@H](C(C)C)C(=O)N[C@@H](C(C)C)C(=O)N(C)[C@H](CC(=O)NCCC(C)C)C(=O)N(C)[C@@H]([C@@H](C)CC)C(=O)N1C. The first-order chi connectivity index (χ1) is 39.8. The van der Waals surface area contributed by atoms with Crippen molar-refractivity contribution in [2.24, 2.45) is 35.5 Å². The topological polar surface area (TPSA) is 274 Å². The Balaban J connectivity index is 2.30. The Morgan fingerprint density at radius 2 is 1.18 bits per heavy atom. The molecule has 1 aromatic rings. The number of esters is 1. The lowest BCUT2D eigenvalue weighted by Crippen LogP contribution is -2.63. The molecule has 10 amide bonds. The van der Waals surface area contributed by atoms with E-state index in [0.717, 1.165) is 9.80 Å². The molecule has 4 N–H and O–H groups in total. The quantitative estimate of drug-likeness (QED) is 0.184. The molecule has 2 aliphatic heterocycles. The van der Waals surface area contributed by atoms with Crippen molar-refractivity contribution in [2.75, 3.05) is 62.0 Å². The highest BCUT2D eigenvalue weighted by Crippen LogP contribution is 2.27. The van der Waals surface area contributed by atoms with E-state index in [4.69, 9.17) is 9.47 Å². The minimum absolute atomic E-state index is 0.108. The Labute approximate surface area is 505 Å². The number of fused-ring (bicyclic) bond motifs is 1. The second-order valence-electron chi connectivity index (χ2n) is 24.8. The average Bonchev–Trinajstić information content (AvgIpc) is 2.56. The van der Waals surface area contributed by atoms with Gasteiger partial charge in [-0.15, -0.1) is 0 Å². The molecule has 2 aliphatic rings. The largest absolute Gasteiger partial charge is 0.497 e. The standard InChI is InChI=1S/C62H102N10O13/c1-20-39(11)52-54(75)64-34-48(74)68(15)50(37(7)8)55(76)65-44(32-42-25-27-43(84-19)28-26-42)62(83)85-41(13)57(78)72-31-23-22-24-45(72)58(79)69(16)51(38(9)10)56(77)66-49(36(5)6)60(81)67(14)46(33-47(73)63-30-29-35(3)4)59(80)71(18)53(40(12)21-2)61(82)70(52)17/h25-28,35-41,44-46,49-53H,20-24,29-34H2,1-19H3,(H,63,73)(H,64,75)(H,65,76)(H,66,77)/t39-,40+,41+,44+,45+,46-,49+,50+,51+,52+,53+/m1/s1. The molecule has 11 atom stereocenters. The zero-order valence-electron chi connectivity index (χ0n) is 54.2. The van der Waals surface area contributed by atoms with Crippen LogP contribution >= 0.6 is 0 Å². The molecule has 0 bridgehead atoms. The minimum atomic E-state index is -1.51. The Hall–Kier alpha value is -6.81. The maximum absolute atomic E-state index is 15.3. The maximum atomic E-state index is 15.3. The van der Waals surface area contributed by atoms with Crippen molar-refractivity contribution in [3.63, 3.8) is 0 Å². The summed E-state index contributed by atoms with van der Waals surface area (Å²) in [5.74, 6) is -9.62. The van der Waals surface area contributed by atoms with Crippen LogP contribution in [0.25, 0.3) is 0 Å². The van der Waals surface area contributed by atoms with Crippen LogP contribution in [0.4, 0.5) is 0 Å². The van der Waals surface area contributed by atoms with Gasteiger partial charge >= 0.3 is 5.97 Å². The monoisotopic (exact) mass is 1190 g/mol. The van der Waals surface area contributed by atoms with E-state index >= 15 is 14.4 Å². The predicted octanol–water partition coefficient (Wildman–Crippen LogP) is 3.40. The summed E-state index contributed by atoms with van der Waals surface area (Å²) in [5, 5.41) is 11.2. The summed E-state index contributed by atoms with van der Waals surface area (Å²) in [6, 6.07) is -3.35. The summed E-state index contributed by atoms with van der Waals surface area (Å²) in [7, 11) is 8.56. The van der Waals surface area contributed by atoms with Crippen LogP contribution in [0.15, 0.2) is 24.3 Å². The van der Waals surface area contributed by atoms with Gasteiger partial charge < -0.3 is 60.1 Å². The van der Waals surface area contributed by atoms with Gasteiger partial charge in [-0.3, -0.25) is 47.9 Å². The molecule has 0 saturated carbocycles. The van der Waals surface area contributed by atoms with E-state index in [9.17, 15) is 38.4 Å². The summed E-state index contributed by atoms with van der Waals surface area (Å²) in [6.07, 6.45) is 0.634. The zero-order valence-corrected chi connectivity index (χ0v) is 54.2. The first-order valence-electron chi connectivity index (χ1n) is 30.4. The molecule has 2 fully saturated rings. The van der Waals surface area contributed by atoms with E-state index in [1.807, 2.05) is 27.7 Å². The molecule has 0 aromatic heterocycles. The highest BCUT2D eigenvalue weighted by Gasteiger charge is 2.46. The van der Waals surface area contributed by atoms with Crippen molar-refractivity contribution in [1.29, 1.82) is 0 Å². The second-order valence-corrected chi connectivity index (χ2v) is 24.8. The van der Waals surface area contributed by atoms with E-state index in [0.29, 0.717) is 43.4 Å². The summed E-state index contributed by atoms with van der Waals surface area (Å²) in [4.78, 5) is 168. The van der Waals surface area contributed by atoms with Crippen molar-refractivity contribution in [3.05, 3.63) is 29.8 Å². The molecule has 0 spiro atoms. The van der Waals surface area contributed by atoms with Gasteiger partial charge in [0.05, 0.1) is 20.1 Å². The predicted molar refractivity (Wildman–Crippen MR) is 322 cm³/mol. The van der Waals surface area contributed by atoms with Gasteiger partial charge in [-0.1, -0.05) is 108 Å². The molecule has 23 nitrogen and oxygen atoms in total. The number of benzene rings is 1. The third kappa shape index (κ3) is 19.1. The number of ether oxygens (including phenoxy) is 2. The average molecular weight is 1200 g/mol. The van der Waals surface area contributed by atoms with E-state index in [1.165, 1.54) is 68.9 Å². The van der Waals surface area contributed by atoms with Gasteiger partial charge in [0.25, 0.3) is 5.91 Å². The Bertz CT molecular complexity index is 2490. The van der Waals surface area contributed by atoms with Crippen molar-refractivity contribution >= 4 is 65.0 Å². The lowest BCUT2D eigenvalue weighted by molar-refractivity contribution is -0.165. The number of hydrogen-bond donors (Lipinski definition) is 4. The number of cyclic esters (lactones) is 1. The number of piperidine rings is 1. The smallest absolute Gasteiger partial charge is 0.329 e. The van der Waals surface area contributed by atoms with Gasteiger partial charge in [-0.05, 0) is 85.8 Å². The number of nitrogens with one attached hydrogen (secondary N) is 4. The van der Waals surface area contributed by atoms with E-state index in [1.54, 1.807) is 79.7 Å². The summed E-state index contributed by atoms with van der Waals surface area (Å²) < 4.78 is 11.2. The lowest BCUT2D eigenvalue weighted by Gasteiger charge is -2.41. The molecular weight excluding hydrogens is 1090 g/mol. The van der Waals surface area contributed by atoms with Gasteiger partial charge in [0.1, 0.15) is 54.1 Å². The van der Waals surface area contributed by atoms with Crippen molar-refractivity contribution in [2.45, 2.75) is 196 Å². The van der Waals surface area contributed by atoms with Crippen LogP contribution in [0.3, 0.4) is 0 Å². The third-order valence-electron chi connectivity index (χ3n) is 16.9. The fourth-order valence-electron chi connectivity index (χ4n) is 11.2. The van der Waals surface area contributed by atoms with Crippen LogP contribution in [-0.2, 0) is 63.9 Å². The summed E-state index contributed by atoms with van der Waals surface area (Å²) in [5.41, 5.74) is 0.589. The number of hydrogen-bond acceptors (Lipinski definition) is 13. The van der Waals surface area contributed by atoms with Crippen molar-refractivity contribution in [1.82, 2.24) is 50.7 Å². The van der Waals surface area contributed by atoms with Crippen LogP contribution in [0.5, 0.6) is 5.75 Å². The van der Waals surface area contributed by atoms with Crippen molar-refractivity contribution in [3.8, 4) is 5.75 Å². The van der Waals surface area contributed by atoms with E-state index in [2.05, 4.69) is 21.3 Å². The van der Waals surface area contributed by atoms with Crippen LogP contribution in [0.1, 0.15) is 141 Å². The lowest BCUT2D eigenvalue weighted by atomic mass is 9.92. The van der Waals surface area contributed by atoms with E-state index < -0.39 is 162 Å². The number of carbonyl (C=O) groups excluding carboxylic acids is 11. The molecule has 23 heteroatoms. The summed E-state index contributed by atoms with van der Waals surface area (Å²) >= 11 is 0. The van der Waals surface area contributed by atoms with Gasteiger partial charge in [0.15, 0.2) is 6.10 Å². The van der Waals surface area contributed by atoms with Crippen LogP contribution < -0.4 is 26.0 Å². The molecule has 478 valence electrons. The highest BCUT2D eigenvalue weighted by molar-refractivity contribution is 6.00. The first kappa shape index (κ1) is 72.4. The summed E-state index contributed by atoms with van der Waals surface area (Å²) in [6.45, 7) is 22.7. The molecule has 3 rings (SSSR count). The zero-order chi connectivity index (χ0) is 64.5. The van der Waals surface area contributed by atoms with Crippen LogP contribution in [-0.4, -0.2) is 211 Å². The molecular formula is C62H102N10O13. The molecule has 0 aliphatic carbocycles. The molecule has 0 radical (unpaired) electrons. The van der Waals surface area contributed by atoms with Crippen molar-refractivity contribution < 1.29 is 62.2 Å². The Morgan fingerprint density at radius 1 is 0.635 bits per heavy atom. The maximum Gasteiger partial charge on any atom is 0.329 e.